The summed E-state index contributed by atoms with van der Waals surface area (Å²) >= 11 is 3.53. The second kappa shape index (κ2) is 6.26. The van der Waals surface area contributed by atoms with Crippen LogP contribution in [0.25, 0.3) is 0 Å². The maximum atomic E-state index is 9.70. The lowest BCUT2D eigenvalue weighted by Crippen LogP contribution is -2.48. The highest BCUT2D eigenvalue weighted by atomic mass is 79.9. The summed E-state index contributed by atoms with van der Waals surface area (Å²) in [6.07, 6.45) is 6.52. The molecule has 0 radical (unpaired) electrons. The molecule has 3 nitrogen and oxygen atoms in total. The molecule has 4 heteroatoms. The Morgan fingerprint density at radius 1 is 1.36 bits per heavy atom. The normalized spacial score (nSPS) is 37.7. The first-order chi connectivity index (χ1) is 10.6. The maximum Gasteiger partial charge on any atom is 0.173 e. The molecule has 3 rings (SSSR count). The highest BCUT2D eigenvalue weighted by Crippen LogP contribution is 2.63. The average molecular weight is 368 g/mol. The van der Waals surface area contributed by atoms with Crippen LogP contribution < -0.4 is 0 Å². The summed E-state index contributed by atoms with van der Waals surface area (Å²) in [6.45, 7) is 7.82. The van der Waals surface area contributed by atoms with E-state index < -0.39 is 5.79 Å². The van der Waals surface area contributed by atoms with E-state index in [4.69, 9.17) is 9.47 Å². The number of fused-ring (bicyclic) bond motifs is 2. The molecule has 0 amide bonds. The van der Waals surface area contributed by atoms with Gasteiger partial charge in [-0.3, -0.25) is 0 Å². The molecule has 22 heavy (non-hydrogen) atoms. The SMILES string of the molecule is C=C(CBr)[C@H](C)CC12CCCC(C#N)C1C1(CC2)OCCO1. The van der Waals surface area contributed by atoms with E-state index in [0.717, 1.165) is 37.4 Å². The summed E-state index contributed by atoms with van der Waals surface area (Å²) in [5.41, 5.74) is 1.44. The van der Waals surface area contributed by atoms with Crippen LogP contribution in [-0.2, 0) is 9.47 Å². The molecule has 2 aliphatic carbocycles. The minimum absolute atomic E-state index is 0.0683. The Morgan fingerprint density at radius 3 is 2.73 bits per heavy atom. The van der Waals surface area contributed by atoms with Crippen molar-refractivity contribution in [1.29, 1.82) is 5.26 Å². The number of hydrogen-bond acceptors (Lipinski definition) is 3. The first-order valence-corrected chi connectivity index (χ1v) is 9.60. The number of alkyl halides is 1. The fraction of sp³-hybridized carbons (Fsp3) is 0.833. The number of rotatable bonds is 4. The lowest BCUT2D eigenvalue weighted by molar-refractivity contribution is -0.210. The van der Waals surface area contributed by atoms with Gasteiger partial charge in [0.05, 0.1) is 25.2 Å². The van der Waals surface area contributed by atoms with Gasteiger partial charge < -0.3 is 9.47 Å². The Labute approximate surface area is 142 Å². The van der Waals surface area contributed by atoms with E-state index >= 15 is 0 Å². The first kappa shape index (κ1) is 16.5. The molecule has 1 heterocycles. The second-order valence-electron chi connectivity index (χ2n) is 7.37. The molecule has 0 aromatic rings. The summed E-state index contributed by atoms with van der Waals surface area (Å²) < 4.78 is 12.2. The predicted octanol–water partition coefficient (Wildman–Crippen LogP) is 4.43. The van der Waals surface area contributed by atoms with Gasteiger partial charge in [0.1, 0.15) is 0 Å². The molecule has 0 N–H and O–H groups in total. The van der Waals surface area contributed by atoms with Gasteiger partial charge in [0.2, 0.25) is 0 Å². The van der Waals surface area contributed by atoms with Crippen LogP contribution in [0.3, 0.4) is 0 Å². The van der Waals surface area contributed by atoms with Crippen molar-refractivity contribution in [2.45, 2.75) is 51.2 Å². The van der Waals surface area contributed by atoms with Crippen LogP contribution in [0.1, 0.15) is 45.4 Å². The van der Waals surface area contributed by atoms with E-state index in [0.29, 0.717) is 19.1 Å². The second-order valence-corrected chi connectivity index (χ2v) is 7.93. The standard InChI is InChI=1S/C18H26BrNO2/c1-13(14(2)11-19)10-17-5-3-4-15(12-20)16(17)18(7-6-17)21-8-9-22-18/h13,15-16H,2-11H2,1H3/t13-,15?,16?,17?/m1/s1. The van der Waals surface area contributed by atoms with Crippen molar-refractivity contribution >= 4 is 15.9 Å². The van der Waals surface area contributed by atoms with Gasteiger partial charge >= 0.3 is 0 Å². The third-order valence-electron chi connectivity index (χ3n) is 6.22. The maximum absolute atomic E-state index is 9.70. The van der Waals surface area contributed by atoms with Crippen LogP contribution in [0.2, 0.25) is 0 Å². The Balaban J connectivity index is 1.90. The van der Waals surface area contributed by atoms with Crippen LogP contribution in [0.4, 0.5) is 0 Å². The average Bonchev–Trinajstić information content (AvgIpc) is 3.13. The monoisotopic (exact) mass is 367 g/mol. The van der Waals surface area contributed by atoms with Crippen molar-refractivity contribution in [3.8, 4) is 6.07 Å². The summed E-state index contributed by atoms with van der Waals surface area (Å²) in [4.78, 5) is 0. The predicted molar refractivity (Wildman–Crippen MR) is 89.5 cm³/mol. The largest absolute Gasteiger partial charge is 0.347 e. The summed E-state index contributed by atoms with van der Waals surface area (Å²) in [5, 5.41) is 10.6. The smallest absolute Gasteiger partial charge is 0.173 e. The number of nitriles is 1. The van der Waals surface area contributed by atoms with Crippen LogP contribution >= 0.6 is 15.9 Å². The zero-order chi connectivity index (χ0) is 15.8. The molecule has 3 fully saturated rings. The fourth-order valence-corrected chi connectivity index (χ4v) is 5.76. The lowest BCUT2D eigenvalue weighted by atomic mass is 9.59. The summed E-state index contributed by atoms with van der Waals surface area (Å²) in [6, 6.07) is 2.58. The van der Waals surface area contributed by atoms with Crippen LogP contribution in [-0.4, -0.2) is 24.3 Å². The zero-order valence-electron chi connectivity index (χ0n) is 13.4. The topological polar surface area (TPSA) is 42.2 Å². The van der Waals surface area contributed by atoms with Gasteiger partial charge in [-0.2, -0.15) is 5.26 Å². The molecule has 122 valence electrons. The van der Waals surface area contributed by atoms with E-state index in [-0.39, 0.29) is 17.3 Å². The van der Waals surface area contributed by atoms with E-state index in [9.17, 15) is 5.26 Å². The minimum atomic E-state index is -0.476. The third kappa shape index (κ3) is 2.56. The van der Waals surface area contributed by atoms with Gasteiger partial charge in [0, 0.05) is 17.7 Å². The summed E-state index contributed by atoms with van der Waals surface area (Å²) in [7, 11) is 0. The molecule has 0 bridgehead atoms. The number of halogens is 1. The molecule has 1 aliphatic heterocycles. The van der Waals surface area contributed by atoms with Crippen LogP contribution in [0, 0.1) is 34.5 Å². The molecular weight excluding hydrogens is 342 g/mol. The first-order valence-electron chi connectivity index (χ1n) is 8.48. The molecule has 3 aliphatic rings. The molecular formula is C18H26BrNO2. The van der Waals surface area contributed by atoms with E-state index in [1.54, 1.807) is 0 Å². The van der Waals surface area contributed by atoms with Crippen molar-refractivity contribution in [3.63, 3.8) is 0 Å². The highest BCUT2D eigenvalue weighted by molar-refractivity contribution is 9.09. The Kier molecular flexibility index (Phi) is 4.69. The van der Waals surface area contributed by atoms with Crippen molar-refractivity contribution in [2.24, 2.45) is 23.2 Å². The quantitative estimate of drug-likeness (QED) is 0.545. The molecule has 1 spiro atoms. The number of allylic oxidation sites excluding steroid dienone is 1. The molecule has 1 saturated heterocycles. The fourth-order valence-electron chi connectivity index (χ4n) is 5.21. The van der Waals surface area contributed by atoms with Gasteiger partial charge in [-0.05, 0) is 37.0 Å². The van der Waals surface area contributed by atoms with E-state index in [1.807, 2.05) is 0 Å². The van der Waals surface area contributed by atoms with Gasteiger partial charge in [0.15, 0.2) is 5.79 Å². The molecule has 2 saturated carbocycles. The number of hydrogen-bond donors (Lipinski definition) is 0. The van der Waals surface area contributed by atoms with Crippen molar-refractivity contribution in [3.05, 3.63) is 12.2 Å². The van der Waals surface area contributed by atoms with Crippen molar-refractivity contribution in [2.75, 3.05) is 18.5 Å². The minimum Gasteiger partial charge on any atom is -0.347 e. The zero-order valence-corrected chi connectivity index (χ0v) is 15.0. The van der Waals surface area contributed by atoms with Crippen LogP contribution in [0.5, 0.6) is 0 Å². The van der Waals surface area contributed by atoms with Crippen LogP contribution in [0.15, 0.2) is 12.2 Å². The number of nitrogens with zero attached hydrogens (tertiary/aromatic N) is 1. The van der Waals surface area contributed by atoms with E-state index in [1.165, 1.54) is 12.0 Å². The Bertz CT molecular complexity index is 480. The molecule has 0 aromatic heterocycles. The van der Waals surface area contributed by atoms with Crippen molar-refractivity contribution < 1.29 is 9.47 Å². The molecule has 4 atom stereocenters. The van der Waals surface area contributed by atoms with E-state index in [2.05, 4.69) is 35.5 Å². The summed E-state index contributed by atoms with van der Waals surface area (Å²) in [5.74, 6) is 0.289. The van der Waals surface area contributed by atoms with Gasteiger partial charge in [-0.25, -0.2) is 0 Å². The molecule has 0 aromatic carbocycles. The Morgan fingerprint density at radius 2 is 2.09 bits per heavy atom. The number of ether oxygens (including phenoxy) is 2. The lowest BCUT2D eigenvalue weighted by Gasteiger charge is -2.47. The highest BCUT2D eigenvalue weighted by Gasteiger charge is 2.63. The molecule has 3 unspecified atom stereocenters. The van der Waals surface area contributed by atoms with Gasteiger partial charge in [0.25, 0.3) is 0 Å². The van der Waals surface area contributed by atoms with Crippen molar-refractivity contribution in [1.82, 2.24) is 0 Å². The third-order valence-corrected chi connectivity index (χ3v) is 6.94. The van der Waals surface area contributed by atoms with Gasteiger partial charge in [-0.1, -0.05) is 41.4 Å². The van der Waals surface area contributed by atoms with Gasteiger partial charge in [-0.15, -0.1) is 0 Å². The Hall–Kier alpha value is -0.370.